The number of aryl methyl sites for hydroxylation is 1. The molecule has 3 aromatic rings. The molecule has 0 spiro atoms. The lowest BCUT2D eigenvalue weighted by atomic mass is 10.1. The molecule has 3 rings (SSSR count). The topological polar surface area (TPSA) is 131 Å². The summed E-state index contributed by atoms with van der Waals surface area (Å²) in [6.07, 6.45) is 0.0925. The molecule has 0 saturated carbocycles. The number of benzene rings is 3. The number of nitrogens with two attached hydrogens (primary N) is 1. The first-order valence-corrected chi connectivity index (χ1v) is 11.3. The molecule has 0 aliphatic carbocycles. The van der Waals surface area contributed by atoms with Gasteiger partial charge in [-0.05, 0) is 67.4 Å². The molecule has 0 radical (unpaired) electrons. The third-order valence-electron chi connectivity index (χ3n) is 5.44. The fraction of sp³-hybridized carbons (Fsp3) is 0.222. The van der Waals surface area contributed by atoms with Gasteiger partial charge in [0.1, 0.15) is 18.1 Å². The highest BCUT2D eigenvalue weighted by atomic mass is 16.5. The normalized spacial score (nSPS) is 11.3. The Labute approximate surface area is 209 Å². The summed E-state index contributed by atoms with van der Waals surface area (Å²) in [7, 11) is 1.49. The molecule has 0 saturated heterocycles. The van der Waals surface area contributed by atoms with Crippen LogP contribution in [0, 0.1) is 6.92 Å². The molecule has 188 valence electrons. The SMILES string of the molecule is COc1cc(CC(=O)N[C@@H](C)COc2ccc(C(=O)O)cc2)ccc1N(C(N)=O)c1ccccc1C. The first kappa shape index (κ1) is 26.1. The Morgan fingerprint density at radius 2 is 1.72 bits per heavy atom. The smallest absolute Gasteiger partial charge is 0.335 e. The minimum Gasteiger partial charge on any atom is -0.495 e. The number of rotatable bonds is 10. The molecule has 4 N–H and O–H groups in total. The van der Waals surface area contributed by atoms with Gasteiger partial charge in [-0.1, -0.05) is 24.3 Å². The number of aromatic carboxylic acids is 1. The van der Waals surface area contributed by atoms with E-state index in [0.717, 1.165) is 5.56 Å². The highest BCUT2D eigenvalue weighted by Crippen LogP contribution is 2.36. The molecule has 0 aliphatic rings. The molecule has 0 aromatic heterocycles. The van der Waals surface area contributed by atoms with Crippen LogP contribution < -0.4 is 25.4 Å². The number of para-hydroxylation sites is 1. The molecule has 9 heteroatoms. The van der Waals surface area contributed by atoms with Crippen LogP contribution >= 0.6 is 0 Å². The molecule has 0 bridgehead atoms. The van der Waals surface area contributed by atoms with E-state index < -0.39 is 12.0 Å². The highest BCUT2D eigenvalue weighted by molar-refractivity contribution is 6.00. The van der Waals surface area contributed by atoms with E-state index in [-0.39, 0.29) is 30.5 Å². The van der Waals surface area contributed by atoms with E-state index in [9.17, 15) is 14.4 Å². The van der Waals surface area contributed by atoms with Gasteiger partial charge in [-0.15, -0.1) is 0 Å². The summed E-state index contributed by atoms with van der Waals surface area (Å²) in [6.45, 7) is 3.90. The maximum absolute atomic E-state index is 12.6. The molecule has 3 amide bonds. The number of ether oxygens (including phenoxy) is 2. The Balaban J connectivity index is 1.64. The van der Waals surface area contributed by atoms with Crippen molar-refractivity contribution in [2.45, 2.75) is 26.3 Å². The lowest BCUT2D eigenvalue weighted by molar-refractivity contribution is -0.121. The van der Waals surface area contributed by atoms with E-state index in [4.69, 9.17) is 20.3 Å². The second-order valence-corrected chi connectivity index (χ2v) is 8.25. The second-order valence-electron chi connectivity index (χ2n) is 8.25. The van der Waals surface area contributed by atoms with Crippen molar-refractivity contribution in [3.05, 3.63) is 83.4 Å². The van der Waals surface area contributed by atoms with Gasteiger partial charge < -0.3 is 25.6 Å². The standard InChI is InChI=1S/C27H29N3O6/c1-17-6-4-5-7-22(17)30(27(28)34)23-13-8-19(14-24(23)35-3)15-25(31)29-18(2)16-36-21-11-9-20(10-12-21)26(32)33/h4-14,18H,15-16H2,1-3H3,(H2,28,34)(H,29,31)(H,32,33)/t18-/m0/s1. The van der Waals surface area contributed by atoms with Gasteiger partial charge in [0.05, 0.1) is 36.5 Å². The lowest BCUT2D eigenvalue weighted by Gasteiger charge is -2.24. The second kappa shape index (κ2) is 11.7. The number of carboxylic acid groups (broad SMARTS) is 1. The number of methoxy groups -OCH3 is 1. The zero-order valence-corrected chi connectivity index (χ0v) is 20.4. The zero-order chi connectivity index (χ0) is 26.2. The van der Waals surface area contributed by atoms with Crippen LogP contribution in [-0.4, -0.2) is 42.8 Å². The van der Waals surface area contributed by atoms with Gasteiger partial charge in [-0.25, -0.2) is 9.59 Å². The van der Waals surface area contributed by atoms with Gasteiger partial charge in [-0.2, -0.15) is 0 Å². The van der Waals surface area contributed by atoms with Crippen LogP contribution in [0.4, 0.5) is 16.2 Å². The molecule has 0 unspecified atom stereocenters. The summed E-state index contributed by atoms with van der Waals surface area (Å²) in [5, 5.41) is 11.8. The summed E-state index contributed by atoms with van der Waals surface area (Å²) in [5.74, 6) is -0.310. The molecular formula is C27H29N3O6. The Morgan fingerprint density at radius 3 is 2.33 bits per heavy atom. The maximum atomic E-state index is 12.6. The lowest BCUT2D eigenvalue weighted by Crippen LogP contribution is -2.37. The molecule has 36 heavy (non-hydrogen) atoms. The van der Waals surface area contributed by atoms with Crippen LogP contribution in [0.2, 0.25) is 0 Å². The first-order valence-electron chi connectivity index (χ1n) is 11.3. The zero-order valence-electron chi connectivity index (χ0n) is 20.4. The van der Waals surface area contributed by atoms with E-state index in [1.165, 1.54) is 24.1 Å². The van der Waals surface area contributed by atoms with Crippen LogP contribution in [0.3, 0.4) is 0 Å². The number of amides is 3. The molecule has 3 aromatic carbocycles. The number of nitrogens with one attached hydrogen (secondary N) is 1. The summed E-state index contributed by atoms with van der Waals surface area (Å²) in [6, 6.07) is 17.6. The van der Waals surface area contributed by atoms with Gasteiger partial charge in [0.25, 0.3) is 0 Å². The minimum atomic E-state index is -1.01. The average molecular weight is 492 g/mol. The predicted octanol–water partition coefficient (Wildman–Crippen LogP) is 4.04. The number of urea groups is 1. The van der Waals surface area contributed by atoms with Crippen molar-refractivity contribution in [1.82, 2.24) is 5.32 Å². The van der Waals surface area contributed by atoms with Crippen molar-refractivity contribution in [2.24, 2.45) is 5.73 Å². The van der Waals surface area contributed by atoms with Crippen LogP contribution in [0.25, 0.3) is 0 Å². The number of carbonyl (C=O) groups excluding carboxylic acids is 2. The Hall–Kier alpha value is -4.53. The predicted molar refractivity (Wildman–Crippen MR) is 136 cm³/mol. The van der Waals surface area contributed by atoms with Crippen molar-refractivity contribution < 1.29 is 29.0 Å². The summed E-state index contributed by atoms with van der Waals surface area (Å²) >= 11 is 0. The van der Waals surface area contributed by atoms with Gasteiger partial charge in [0, 0.05) is 0 Å². The minimum absolute atomic E-state index is 0.0925. The van der Waals surface area contributed by atoms with Gasteiger partial charge in [0.2, 0.25) is 5.91 Å². The fourth-order valence-electron chi connectivity index (χ4n) is 3.67. The third-order valence-corrected chi connectivity index (χ3v) is 5.44. The van der Waals surface area contributed by atoms with Crippen LogP contribution in [-0.2, 0) is 11.2 Å². The van der Waals surface area contributed by atoms with E-state index in [2.05, 4.69) is 5.32 Å². The van der Waals surface area contributed by atoms with Crippen molar-refractivity contribution in [3.63, 3.8) is 0 Å². The van der Waals surface area contributed by atoms with E-state index in [1.807, 2.05) is 25.1 Å². The van der Waals surface area contributed by atoms with Crippen molar-refractivity contribution in [2.75, 3.05) is 18.6 Å². The van der Waals surface area contributed by atoms with E-state index >= 15 is 0 Å². The number of carbonyl (C=O) groups is 3. The molecule has 9 nitrogen and oxygen atoms in total. The van der Waals surface area contributed by atoms with E-state index in [1.54, 1.807) is 43.3 Å². The first-order chi connectivity index (χ1) is 17.2. The summed E-state index contributed by atoms with van der Waals surface area (Å²) in [4.78, 5) is 37.2. The van der Waals surface area contributed by atoms with Gasteiger partial charge in [0.15, 0.2) is 0 Å². The number of primary amides is 1. The fourth-order valence-corrected chi connectivity index (χ4v) is 3.67. The molecule has 1 atom stereocenters. The quantitative estimate of drug-likeness (QED) is 0.392. The number of hydrogen-bond acceptors (Lipinski definition) is 5. The highest BCUT2D eigenvalue weighted by Gasteiger charge is 2.21. The van der Waals surface area contributed by atoms with Crippen molar-refractivity contribution in [3.8, 4) is 11.5 Å². The molecule has 0 fully saturated rings. The number of hydrogen-bond donors (Lipinski definition) is 3. The van der Waals surface area contributed by atoms with Gasteiger partial charge in [-0.3, -0.25) is 9.69 Å². The Kier molecular flexibility index (Phi) is 8.51. The average Bonchev–Trinajstić information content (AvgIpc) is 2.84. The van der Waals surface area contributed by atoms with E-state index in [0.29, 0.717) is 28.4 Å². The largest absolute Gasteiger partial charge is 0.495 e. The summed E-state index contributed by atoms with van der Waals surface area (Å²) < 4.78 is 11.1. The van der Waals surface area contributed by atoms with Gasteiger partial charge >= 0.3 is 12.0 Å². The molecular weight excluding hydrogens is 462 g/mol. The summed E-state index contributed by atoms with van der Waals surface area (Å²) in [5.41, 5.74) is 8.53. The Bertz CT molecular complexity index is 1240. The maximum Gasteiger partial charge on any atom is 0.335 e. The molecule has 0 heterocycles. The number of anilines is 2. The van der Waals surface area contributed by atoms with Crippen LogP contribution in [0.1, 0.15) is 28.4 Å². The number of carboxylic acids is 1. The van der Waals surface area contributed by atoms with Crippen molar-refractivity contribution in [1.29, 1.82) is 0 Å². The van der Waals surface area contributed by atoms with Crippen LogP contribution in [0.15, 0.2) is 66.7 Å². The molecule has 0 aliphatic heterocycles. The monoisotopic (exact) mass is 491 g/mol. The van der Waals surface area contributed by atoms with Crippen LogP contribution in [0.5, 0.6) is 11.5 Å². The van der Waals surface area contributed by atoms with Crippen molar-refractivity contribution >= 4 is 29.3 Å². The third kappa shape index (κ3) is 6.53. The number of nitrogens with zero attached hydrogens (tertiary/aromatic N) is 1. The Morgan fingerprint density at radius 1 is 1.03 bits per heavy atom.